The van der Waals surface area contributed by atoms with Crippen LogP contribution >= 0.6 is 0 Å². The number of pyridine rings is 1. The van der Waals surface area contributed by atoms with Crippen molar-refractivity contribution in [1.82, 2.24) is 25.0 Å². The lowest BCUT2D eigenvalue weighted by molar-refractivity contribution is -0.122. The van der Waals surface area contributed by atoms with Gasteiger partial charge in [0.25, 0.3) is 0 Å². The number of hydrogen-bond donors (Lipinski definition) is 1. The van der Waals surface area contributed by atoms with Gasteiger partial charge in [0.2, 0.25) is 11.9 Å². The Balaban J connectivity index is 1.47. The van der Waals surface area contributed by atoms with Gasteiger partial charge in [0, 0.05) is 24.3 Å². The lowest BCUT2D eigenvalue weighted by atomic mass is 10.0. The van der Waals surface area contributed by atoms with Crippen LogP contribution in [0.15, 0.2) is 41.1 Å². The Hall–Kier alpha value is -3.72. The minimum atomic E-state index is -0.200. The Morgan fingerprint density at radius 2 is 2.06 bits per heavy atom. The Bertz CT molecular complexity index is 1450. The second kappa shape index (κ2) is 8.16. The van der Waals surface area contributed by atoms with Crippen molar-refractivity contribution in [3.05, 3.63) is 53.7 Å². The molecule has 1 saturated heterocycles. The van der Waals surface area contributed by atoms with Crippen LogP contribution in [0.2, 0.25) is 0 Å². The molecule has 1 aromatic carbocycles. The lowest BCUT2D eigenvalue weighted by Gasteiger charge is -2.31. The highest BCUT2D eigenvalue weighted by Crippen LogP contribution is 2.47. The zero-order valence-electron chi connectivity index (χ0n) is 20.4. The monoisotopic (exact) mass is 484 g/mol. The highest BCUT2D eigenvalue weighted by Gasteiger charge is 2.42. The van der Waals surface area contributed by atoms with Gasteiger partial charge < -0.3 is 14.6 Å². The SMILES string of the molecule is Cc1noc(C)c1-c1ccc2nc(N(C(=O)[C@@H]3CCNC3)C3CC3)n3c2c1OC[C@@H]3c1ccccn1. The maximum Gasteiger partial charge on any atom is 0.234 e. The van der Waals surface area contributed by atoms with Crippen LogP contribution in [0.4, 0.5) is 5.95 Å². The molecule has 2 atom stereocenters. The maximum atomic E-state index is 13.8. The van der Waals surface area contributed by atoms with E-state index in [0.29, 0.717) is 12.6 Å². The number of ether oxygens (including phenoxy) is 1. The van der Waals surface area contributed by atoms with Gasteiger partial charge in [-0.3, -0.25) is 19.2 Å². The third-order valence-corrected chi connectivity index (χ3v) is 7.59. The molecule has 2 aliphatic heterocycles. The number of carbonyl (C=O) groups excluding carboxylic acids is 1. The first-order valence-electron chi connectivity index (χ1n) is 12.7. The van der Waals surface area contributed by atoms with Gasteiger partial charge >= 0.3 is 0 Å². The quantitative estimate of drug-likeness (QED) is 0.460. The van der Waals surface area contributed by atoms with E-state index in [-0.39, 0.29) is 23.9 Å². The van der Waals surface area contributed by atoms with Gasteiger partial charge in [0.15, 0.2) is 5.75 Å². The largest absolute Gasteiger partial charge is 0.488 e. The van der Waals surface area contributed by atoms with Crippen LogP contribution in [0.1, 0.15) is 42.5 Å². The van der Waals surface area contributed by atoms with Crippen LogP contribution < -0.4 is 15.0 Å². The molecule has 1 aliphatic carbocycles. The molecule has 0 bridgehead atoms. The molecule has 3 aromatic heterocycles. The van der Waals surface area contributed by atoms with Gasteiger partial charge in [0.1, 0.15) is 23.9 Å². The summed E-state index contributed by atoms with van der Waals surface area (Å²) in [5.41, 5.74) is 5.25. The highest BCUT2D eigenvalue weighted by molar-refractivity contribution is 5.99. The van der Waals surface area contributed by atoms with E-state index < -0.39 is 0 Å². The highest BCUT2D eigenvalue weighted by atomic mass is 16.5. The van der Waals surface area contributed by atoms with E-state index in [1.54, 1.807) is 6.20 Å². The molecule has 1 saturated carbocycles. The summed E-state index contributed by atoms with van der Waals surface area (Å²) in [6.45, 7) is 5.84. The van der Waals surface area contributed by atoms with Gasteiger partial charge in [-0.1, -0.05) is 11.2 Å². The fourth-order valence-corrected chi connectivity index (χ4v) is 5.69. The van der Waals surface area contributed by atoms with E-state index in [4.69, 9.17) is 14.2 Å². The second-order valence-corrected chi connectivity index (χ2v) is 10.0. The van der Waals surface area contributed by atoms with Crippen molar-refractivity contribution in [2.24, 2.45) is 5.92 Å². The maximum absolute atomic E-state index is 13.8. The molecule has 1 amide bonds. The number of imidazole rings is 1. The normalized spacial score (nSPS) is 21.1. The fraction of sp³-hybridized carbons (Fsp3) is 0.407. The number of nitrogens with zero attached hydrogens (tertiary/aromatic N) is 5. The summed E-state index contributed by atoms with van der Waals surface area (Å²) in [6, 6.07) is 9.93. The Labute approximate surface area is 208 Å². The molecule has 2 fully saturated rings. The number of amides is 1. The molecule has 9 heteroatoms. The Morgan fingerprint density at radius 3 is 2.75 bits per heavy atom. The molecule has 184 valence electrons. The van der Waals surface area contributed by atoms with Crippen molar-refractivity contribution in [1.29, 1.82) is 0 Å². The Kier molecular flexibility index (Phi) is 4.89. The third kappa shape index (κ3) is 3.26. The molecule has 1 N–H and O–H groups in total. The first-order chi connectivity index (χ1) is 17.6. The second-order valence-electron chi connectivity index (χ2n) is 10.0. The van der Waals surface area contributed by atoms with E-state index in [0.717, 1.165) is 77.4 Å². The zero-order valence-corrected chi connectivity index (χ0v) is 20.4. The first kappa shape index (κ1) is 21.6. The third-order valence-electron chi connectivity index (χ3n) is 7.59. The number of aromatic nitrogens is 4. The summed E-state index contributed by atoms with van der Waals surface area (Å²) in [6.07, 6.45) is 4.65. The number of anilines is 1. The van der Waals surface area contributed by atoms with Crippen LogP contribution in [0.5, 0.6) is 5.75 Å². The minimum Gasteiger partial charge on any atom is -0.488 e. The van der Waals surface area contributed by atoms with Crippen LogP contribution in [0.25, 0.3) is 22.2 Å². The Morgan fingerprint density at radius 1 is 1.17 bits per heavy atom. The molecular weight excluding hydrogens is 456 g/mol. The van der Waals surface area contributed by atoms with Gasteiger partial charge in [-0.15, -0.1) is 0 Å². The van der Waals surface area contributed by atoms with E-state index in [1.165, 1.54) is 0 Å². The molecule has 0 spiro atoms. The number of benzene rings is 1. The predicted octanol–water partition coefficient (Wildman–Crippen LogP) is 3.79. The van der Waals surface area contributed by atoms with Crippen molar-refractivity contribution in [3.63, 3.8) is 0 Å². The van der Waals surface area contributed by atoms with E-state index in [2.05, 4.69) is 20.0 Å². The topological polar surface area (TPSA) is 98.3 Å². The number of carbonyl (C=O) groups is 1. The summed E-state index contributed by atoms with van der Waals surface area (Å²) < 4.78 is 14.1. The van der Waals surface area contributed by atoms with Crippen molar-refractivity contribution >= 4 is 22.9 Å². The summed E-state index contributed by atoms with van der Waals surface area (Å²) in [7, 11) is 0. The minimum absolute atomic E-state index is 0.0244. The summed E-state index contributed by atoms with van der Waals surface area (Å²) >= 11 is 0. The smallest absolute Gasteiger partial charge is 0.234 e. The molecule has 5 heterocycles. The standard InChI is InChI=1S/C27H28N6O3/c1-15-23(16(2)36-31-15)19-8-9-21-24-25(19)35-14-22(20-5-3-4-11-29-20)33(24)27(30-21)32(18-6-7-18)26(34)17-10-12-28-13-17/h3-5,8-9,11,17-18,22,28H,6-7,10,12-14H2,1-2H3/t17-,22-/m1/s1. The summed E-state index contributed by atoms with van der Waals surface area (Å²) in [5, 5.41) is 7.50. The fourth-order valence-electron chi connectivity index (χ4n) is 5.69. The van der Waals surface area contributed by atoms with Gasteiger partial charge in [-0.25, -0.2) is 4.98 Å². The molecule has 7 rings (SSSR count). The van der Waals surface area contributed by atoms with Crippen LogP contribution in [0.3, 0.4) is 0 Å². The molecule has 4 aromatic rings. The van der Waals surface area contributed by atoms with Crippen LogP contribution in [-0.4, -0.2) is 51.3 Å². The number of nitrogens with one attached hydrogen (secondary N) is 1. The number of rotatable bonds is 5. The molecule has 0 unspecified atom stereocenters. The summed E-state index contributed by atoms with van der Waals surface area (Å²) in [4.78, 5) is 25.5. The average molecular weight is 485 g/mol. The van der Waals surface area contributed by atoms with Crippen LogP contribution in [0, 0.1) is 19.8 Å². The summed E-state index contributed by atoms with van der Waals surface area (Å²) in [5.74, 6) is 2.32. The lowest BCUT2D eigenvalue weighted by Crippen LogP contribution is -2.41. The molecule has 3 aliphatic rings. The van der Waals surface area contributed by atoms with Crippen LogP contribution in [-0.2, 0) is 4.79 Å². The molecular formula is C27H28N6O3. The van der Waals surface area contributed by atoms with E-state index in [9.17, 15) is 4.79 Å². The number of hydrogen-bond acceptors (Lipinski definition) is 7. The van der Waals surface area contributed by atoms with Crippen molar-refractivity contribution in [3.8, 4) is 16.9 Å². The average Bonchev–Trinajstić information content (AvgIpc) is 3.28. The predicted molar refractivity (Wildman–Crippen MR) is 134 cm³/mol. The molecule has 36 heavy (non-hydrogen) atoms. The first-order valence-corrected chi connectivity index (χ1v) is 12.7. The van der Waals surface area contributed by atoms with E-state index >= 15 is 0 Å². The van der Waals surface area contributed by atoms with Crippen molar-refractivity contribution in [2.75, 3.05) is 24.6 Å². The molecule has 9 nitrogen and oxygen atoms in total. The van der Waals surface area contributed by atoms with Gasteiger partial charge in [0.05, 0.1) is 28.4 Å². The van der Waals surface area contributed by atoms with Crippen molar-refractivity contribution < 1.29 is 14.1 Å². The number of aryl methyl sites for hydroxylation is 2. The van der Waals surface area contributed by atoms with E-state index in [1.807, 2.05) is 49.1 Å². The van der Waals surface area contributed by atoms with Gasteiger partial charge in [-0.2, -0.15) is 0 Å². The zero-order chi connectivity index (χ0) is 24.4. The van der Waals surface area contributed by atoms with Gasteiger partial charge in [-0.05, 0) is 63.9 Å². The van der Waals surface area contributed by atoms with Crippen molar-refractivity contribution in [2.45, 2.75) is 45.2 Å². The molecule has 0 radical (unpaired) electrons.